The summed E-state index contributed by atoms with van der Waals surface area (Å²) in [6.45, 7) is 0.685. The van der Waals surface area contributed by atoms with E-state index in [0.29, 0.717) is 24.6 Å². The van der Waals surface area contributed by atoms with Gasteiger partial charge in [0.15, 0.2) is 0 Å². The van der Waals surface area contributed by atoms with Gasteiger partial charge < -0.3 is 19.1 Å². The minimum absolute atomic E-state index is 0.0189. The molecule has 1 amide bonds. The zero-order valence-electron chi connectivity index (χ0n) is 15.1. The lowest BCUT2D eigenvalue weighted by atomic mass is 10.1. The molecule has 1 atom stereocenters. The number of non-ortho nitro benzene ring substituents is 1. The van der Waals surface area contributed by atoms with Crippen molar-refractivity contribution in [1.29, 1.82) is 0 Å². The molecule has 0 aliphatic carbocycles. The van der Waals surface area contributed by atoms with Gasteiger partial charge in [-0.15, -0.1) is 0 Å². The standard InChI is InChI=1S/C19H20N2O6/c1-25-16-8-5-14(17(9-16)26-2)10-20-11-18(27-12-19(20)22)13-3-6-15(7-4-13)21(23)24/h3-9,18H,10-12H2,1-2H3/t18-/m0/s1. The van der Waals surface area contributed by atoms with Crippen molar-refractivity contribution in [3.63, 3.8) is 0 Å². The molecule has 0 saturated carbocycles. The summed E-state index contributed by atoms with van der Waals surface area (Å²) in [5, 5.41) is 10.8. The largest absolute Gasteiger partial charge is 0.497 e. The van der Waals surface area contributed by atoms with Crippen LogP contribution in [0.15, 0.2) is 42.5 Å². The van der Waals surface area contributed by atoms with Gasteiger partial charge in [0.1, 0.15) is 24.2 Å². The van der Waals surface area contributed by atoms with Gasteiger partial charge in [-0.25, -0.2) is 0 Å². The van der Waals surface area contributed by atoms with Gasteiger partial charge in [-0.05, 0) is 29.8 Å². The second-order valence-electron chi connectivity index (χ2n) is 6.10. The average Bonchev–Trinajstić information content (AvgIpc) is 2.70. The molecular weight excluding hydrogens is 352 g/mol. The molecule has 3 rings (SSSR count). The molecule has 0 bridgehead atoms. The van der Waals surface area contributed by atoms with E-state index in [1.54, 1.807) is 37.3 Å². The molecule has 8 heteroatoms. The fraction of sp³-hybridized carbons (Fsp3) is 0.316. The highest BCUT2D eigenvalue weighted by Crippen LogP contribution is 2.29. The Morgan fingerprint density at radius 3 is 2.56 bits per heavy atom. The van der Waals surface area contributed by atoms with Crippen molar-refractivity contribution < 1.29 is 23.9 Å². The fourth-order valence-electron chi connectivity index (χ4n) is 2.97. The van der Waals surface area contributed by atoms with E-state index >= 15 is 0 Å². The van der Waals surface area contributed by atoms with Crippen LogP contribution < -0.4 is 9.47 Å². The molecule has 142 valence electrons. The van der Waals surface area contributed by atoms with Crippen LogP contribution in [0.4, 0.5) is 5.69 Å². The molecule has 0 N–H and O–H groups in total. The first kappa shape index (κ1) is 18.7. The number of hydrogen-bond acceptors (Lipinski definition) is 6. The van der Waals surface area contributed by atoms with Gasteiger partial charge in [0.2, 0.25) is 5.91 Å². The SMILES string of the molecule is COc1ccc(CN2C[C@@H](c3ccc([N+](=O)[O-])cc3)OCC2=O)c(OC)c1. The van der Waals surface area contributed by atoms with Gasteiger partial charge in [-0.2, -0.15) is 0 Å². The van der Waals surface area contributed by atoms with Crippen molar-refractivity contribution in [3.8, 4) is 11.5 Å². The molecule has 1 aliphatic rings. The molecule has 0 aromatic heterocycles. The molecule has 1 heterocycles. The van der Waals surface area contributed by atoms with Gasteiger partial charge >= 0.3 is 0 Å². The Balaban J connectivity index is 1.76. The molecule has 2 aromatic rings. The van der Waals surface area contributed by atoms with Crippen LogP contribution in [0.1, 0.15) is 17.2 Å². The van der Waals surface area contributed by atoms with E-state index in [-0.39, 0.29) is 24.3 Å². The number of carbonyl (C=O) groups excluding carboxylic acids is 1. The molecule has 8 nitrogen and oxygen atoms in total. The maximum atomic E-state index is 12.3. The molecule has 2 aromatic carbocycles. The normalized spacial score (nSPS) is 16.9. The molecule has 1 aliphatic heterocycles. The zero-order chi connectivity index (χ0) is 19.4. The summed E-state index contributed by atoms with van der Waals surface area (Å²) >= 11 is 0. The van der Waals surface area contributed by atoms with Crippen LogP contribution in [0.25, 0.3) is 0 Å². The summed E-state index contributed by atoms with van der Waals surface area (Å²) in [7, 11) is 3.15. The third-order valence-electron chi connectivity index (χ3n) is 4.48. The highest BCUT2D eigenvalue weighted by atomic mass is 16.6. The molecule has 0 spiro atoms. The van der Waals surface area contributed by atoms with Crippen molar-refractivity contribution in [2.45, 2.75) is 12.6 Å². The summed E-state index contributed by atoms with van der Waals surface area (Å²) in [6.07, 6.45) is -0.340. The maximum absolute atomic E-state index is 12.3. The Hall–Kier alpha value is -3.13. The number of benzene rings is 2. The third kappa shape index (κ3) is 4.17. The monoisotopic (exact) mass is 372 g/mol. The summed E-state index contributed by atoms with van der Waals surface area (Å²) < 4.78 is 16.2. The van der Waals surface area contributed by atoms with Gasteiger partial charge in [0.05, 0.1) is 25.7 Å². The fourth-order valence-corrected chi connectivity index (χ4v) is 2.97. The molecule has 27 heavy (non-hydrogen) atoms. The summed E-state index contributed by atoms with van der Waals surface area (Å²) in [4.78, 5) is 24.3. The maximum Gasteiger partial charge on any atom is 0.269 e. The van der Waals surface area contributed by atoms with E-state index in [1.165, 1.54) is 12.1 Å². The van der Waals surface area contributed by atoms with Crippen LogP contribution >= 0.6 is 0 Å². The van der Waals surface area contributed by atoms with Crippen molar-refractivity contribution in [2.75, 3.05) is 27.4 Å². The highest BCUT2D eigenvalue weighted by Gasteiger charge is 2.28. The van der Waals surface area contributed by atoms with Gasteiger partial charge in [-0.3, -0.25) is 14.9 Å². The lowest BCUT2D eigenvalue weighted by Gasteiger charge is -2.33. The predicted molar refractivity (Wildman–Crippen MR) is 96.8 cm³/mol. The lowest BCUT2D eigenvalue weighted by Crippen LogP contribution is -2.42. The first-order valence-electron chi connectivity index (χ1n) is 8.36. The van der Waals surface area contributed by atoms with Gasteiger partial charge in [0, 0.05) is 30.3 Å². The summed E-state index contributed by atoms with van der Waals surface area (Å²) in [5.41, 5.74) is 1.67. The van der Waals surface area contributed by atoms with Gasteiger partial charge in [0.25, 0.3) is 5.69 Å². The van der Waals surface area contributed by atoms with Crippen LogP contribution in [0, 0.1) is 10.1 Å². The number of methoxy groups -OCH3 is 2. The highest BCUT2D eigenvalue weighted by molar-refractivity contribution is 5.78. The minimum atomic E-state index is -0.447. The lowest BCUT2D eigenvalue weighted by molar-refractivity contribution is -0.384. The molecule has 0 radical (unpaired) electrons. The molecule has 1 saturated heterocycles. The van der Waals surface area contributed by atoms with Crippen molar-refractivity contribution in [2.24, 2.45) is 0 Å². The van der Waals surface area contributed by atoms with Crippen molar-refractivity contribution in [1.82, 2.24) is 4.90 Å². The number of nitro benzene ring substituents is 1. The Kier molecular flexibility index (Phi) is 5.56. The number of ether oxygens (including phenoxy) is 3. The van der Waals surface area contributed by atoms with E-state index in [0.717, 1.165) is 11.1 Å². The topological polar surface area (TPSA) is 91.1 Å². The van der Waals surface area contributed by atoms with Crippen molar-refractivity contribution >= 4 is 11.6 Å². The van der Waals surface area contributed by atoms with Crippen LogP contribution in [0.3, 0.4) is 0 Å². The molecule has 1 fully saturated rings. The summed E-state index contributed by atoms with van der Waals surface area (Å²) in [5.74, 6) is 1.19. The van der Waals surface area contributed by atoms with E-state index < -0.39 is 4.92 Å². The number of hydrogen-bond donors (Lipinski definition) is 0. The zero-order valence-corrected chi connectivity index (χ0v) is 15.1. The first-order chi connectivity index (χ1) is 13.0. The number of nitro groups is 1. The van der Waals surface area contributed by atoms with E-state index in [1.807, 2.05) is 12.1 Å². The van der Waals surface area contributed by atoms with E-state index in [9.17, 15) is 14.9 Å². The van der Waals surface area contributed by atoms with Crippen molar-refractivity contribution in [3.05, 3.63) is 63.7 Å². The smallest absolute Gasteiger partial charge is 0.269 e. The second kappa shape index (κ2) is 8.05. The van der Waals surface area contributed by atoms with Gasteiger partial charge in [-0.1, -0.05) is 0 Å². The average molecular weight is 372 g/mol. The minimum Gasteiger partial charge on any atom is -0.497 e. The number of rotatable bonds is 6. The number of amides is 1. The van der Waals surface area contributed by atoms with Crippen LogP contribution in [-0.2, 0) is 16.1 Å². The summed E-state index contributed by atoms with van der Waals surface area (Å²) in [6, 6.07) is 11.6. The number of morpholine rings is 1. The molecular formula is C19H20N2O6. The van der Waals surface area contributed by atoms with Crippen LogP contribution in [-0.4, -0.2) is 43.1 Å². The first-order valence-corrected chi connectivity index (χ1v) is 8.36. The Labute approximate surface area is 156 Å². The second-order valence-corrected chi connectivity index (χ2v) is 6.10. The number of nitrogens with zero attached hydrogens (tertiary/aromatic N) is 2. The molecule has 0 unspecified atom stereocenters. The predicted octanol–water partition coefficient (Wildman–Crippen LogP) is 2.71. The Morgan fingerprint density at radius 2 is 1.93 bits per heavy atom. The Bertz CT molecular complexity index is 837. The van der Waals surface area contributed by atoms with Crippen LogP contribution in [0.2, 0.25) is 0 Å². The van der Waals surface area contributed by atoms with Crippen LogP contribution in [0.5, 0.6) is 11.5 Å². The number of carbonyl (C=O) groups is 1. The Morgan fingerprint density at radius 1 is 1.19 bits per heavy atom. The van der Waals surface area contributed by atoms with E-state index in [2.05, 4.69) is 0 Å². The quantitative estimate of drug-likeness (QED) is 0.572. The third-order valence-corrected chi connectivity index (χ3v) is 4.48. The van der Waals surface area contributed by atoms with E-state index in [4.69, 9.17) is 14.2 Å².